The summed E-state index contributed by atoms with van der Waals surface area (Å²) in [5, 5.41) is 0. The third-order valence-electron chi connectivity index (χ3n) is 2.37. The number of hydrogen-bond donors (Lipinski definition) is 1. The van der Waals surface area contributed by atoms with Gasteiger partial charge in [-0.15, -0.1) is 0 Å². The monoisotopic (exact) mass is 209 g/mol. The van der Waals surface area contributed by atoms with Crippen molar-refractivity contribution in [3.8, 4) is 11.5 Å². The quantitative estimate of drug-likeness (QED) is 0.764. The molecule has 0 atom stereocenters. The third kappa shape index (κ3) is 2.06. The van der Waals surface area contributed by atoms with E-state index < -0.39 is 0 Å². The second kappa shape index (κ2) is 4.51. The van der Waals surface area contributed by atoms with Gasteiger partial charge in [0, 0.05) is 12.1 Å². The van der Waals surface area contributed by atoms with Crippen molar-refractivity contribution in [2.45, 2.75) is 13.5 Å². The van der Waals surface area contributed by atoms with E-state index in [0.29, 0.717) is 19.8 Å². The highest BCUT2D eigenvalue weighted by atomic mass is 16.6. The van der Waals surface area contributed by atoms with E-state index in [4.69, 9.17) is 14.3 Å². The average Bonchev–Trinajstić information content (AvgIpc) is 2.29. The van der Waals surface area contributed by atoms with Gasteiger partial charge in [-0.2, -0.15) is 5.48 Å². The Bertz CT molecular complexity index is 352. The Kier molecular flexibility index (Phi) is 3.08. The van der Waals surface area contributed by atoms with Gasteiger partial charge in [0.15, 0.2) is 11.5 Å². The number of benzene rings is 1. The van der Waals surface area contributed by atoms with Gasteiger partial charge in [0.05, 0.1) is 7.11 Å². The van der Waals surface area contributed by atoms with Gasteiger partial charge in [-0.1, -0.05) is 12.1 Å². The number of hydroxylamine groups is 1. The summed E-state index contributed by atoms with van der Waals surface area (Å²) in [5.74, 6) is 1.70. The van der Waals surface area contributed by atoms with E-state index in [0.717, 1.165) is 22.6 Å². The molecule has 4 heteroatoms. The molecule has 0 saturated heterocycles. The largest absolute Gasteiger partial charge is 0.486 e. The van der Waals surface area contributed by atoms with Crippen LogP contribution in [0, 0.1) is 6.92 Å². The molecular weight excluding hydrogens is 194 g/mol. The lowest BCUT2D eigenvalue weighted by atomic mass is 10.1. The number of fused-ring (bicyclic) bond motifs is 1. The lowest BCUT2D eigenvalue weighted by Crippen LogP contribution is -2.19. The van der Waals surface area contributed by atoms with Crippen LogP contribution in [0.2, 0.25) is 0 Å². The molecule has 0 radical (unpaired) electrons. The highest BCUT2D eigenvalue weighted by Crippen LogP contribution is 2.36. The van der Waals surface area contributed by atoms with Crippen LogP contribution in [0.15, 0.2) is 12.1 Å². The summed E-state index contributed by atoms with van der Waals surface area (Å²) in [6, 6.07) is 4.05. The van der Waals surface area contributed by atoms with E-state index in [9.17, 15) is 0 Å². The molecule has 0 aromatic heterocycles. The molecule has 82 valence electrons. The second-order valence-electron chi connectivity index (χ2n) is 3.42. The maximum absolute atomic E-state index is 5.61. The fraction of sp³-hybridized carbons (Fsp3) is 0.455. The molecule has 1 heterocycles. The first-order valence-electron chi connectivity index (χ1n) is 4.97. The molecule has 1 aromatic rings. The molecule has 0 spiro atoms. The molecule has 0 fully saturated rings. The van der Waals surface area contributed by atoms with Crippen molar-refractivity contribution in [2.75, 3.05) is 20.3 Å². The van der Waals surface area contributed by atoms with E-state index in [2.05, 4.69) is 5.48 Å². The predicted octanol–water partition coefficient (Wildman–Crippen LogP) is 1.42. The van der Waals surface area contributed by atoms with E-state index in [-0.39, 0.29) is 0 Å². The van der Waals surface area contributed by atoms with Crippen LogP contribution in [0.25, 0.3) is 0 Å². The van der Waals surface area contributed by atoms with E-state index in [1.54, 1.807) is 7.11 Å². The highest BCUT2D eigenvalue weighted by molar-refractivity contribution is 5.52. The van der Waals surface area contributed by atoms with Gasteiger partial charge in [0.2, 0.25) is 0 Å². The number of hydrogen-bond acceptors (Lipinski definition) is 4. The molecule has 4 nitrogen and oxygen atoms in total. The normalized spacial score (nSPS) is 14.0. The van der Waals surface area contributed by atoms with E-state index in [1.807, 2.05) is 19.1 Å². The van der Waals surface area contributed by atoms with Gasteiger partial charge < -0.3 is 14.3 Å². The van der Waals surface area contributed by atoms with Gasteiger partial charge in [-0.25, -0.2) is 0 Å². The minimum atomic E-state index is 0.608. The molecule has 1 aliphatic rings. The molecule has 1 aromatic carbocycles. The Hall–Kier alpha value is -1.26. The zero-order chi connectivity index (χ0) is 10.7. The van der Waals surface area contributed by atoms with Crippen LogP contribution in [0.1, 0.15) is 11.1 Å². The Balaban J connectivity index is 2.30. The SMILES string of the molecule is CONCc1ccc(C)c2c1OCCO2. The third-order valence-corrected chi connectivity index (χ3v) is 2.37. The van der Waals surface area contributed by atoms with Crippen LogP contribution in [0.5, 0.6) is 11.5 Å². The summed E-state index contributed by atoms with van der Waals surface area (Å²) in [7, 11) is 1.60. The fourth-order valence-corrected chi connectivity index (χ4v) is 1.62. The zero-order valence-corrected chi connectivity index (χ0v) is 9.00. The van der Waals surface area contributed by atoms with Crippen LogP contribution in [0.4, 0.5) is 0 Å². The molecule has 0 saturated carbocycles. The molecule has 0 bridgehead atoms. The summed E-state index contributed by atoms with van der Waals surface area (Å²) in [6.45, 7) is 3.86. The maximum Gasteiger partial charge on any atom is 0.166 e. The fourth-order valence-electron chi connectivity index (χ4n) is 1.62. The maximum atomic E-state index is 5.61. The average molecular weight is 209 g/mol. The van der Waals surface area contributed by atoms with Gasteiger partial charge in [-0.05, 0) is 12.5 Å². The lowest BCUT2D eigenvalue weighted by Gasteiger charge is -2.22. The summed E-state index contributed by atoms with van der Waals surface area (Å²) >= 11 is 0. The standard InChI is InChI=1S/C11H15NO3/c1-8-3-4-9(7-12-13-2)11-10(8)14-5-6-15-11/h3-4,12H,5-7H2,1-2H3. The Morgan fingerprint density at radius 2 is 2.00 bits per heavy atom. The van der Waals surface area contributed by atoms with Crippen molar-refractivity contribution in [3.63, 3.8) is 0 Å². The van der Waals surface area contributed by atoms with Crippen molar-refractivity contribution in [1.82, 2.24) is 5.48 Å². The number of rotatable bonds is 3. The molecule has 0 aliphatic carbocycles. The first kappa shape index (κ1) is 10.3. The number of nitrogens with one attached hydrogen (secondary N) is 1. The smallest absolute Gasteiger partial charge is 0.166 e. The first-order valence-corrected chi connectivity index (χ1v) is 4.97. The van der Waals surface area contributed by atoms with Crippen molar-refractivity contribution in [2.24, 2.45) is 0 Å². The summed E-state index contributed by atoms with van der Waals surface area (Å²) in [6.07, 6.45) is 0. The van der Waals surface area contributed by atoms with Gasteiger partial charge >= 0.3 is 0 Å². The van der Waals surface area contributed by atoms with Crippen LogP contribution in [-0.4, -0.2) is 20.3 Å². The Morgan fingerprint density at radius 3 is 2.73 bits per heavy atom. The van der Waals surface area contributed by atoms with Crippen molar-refractivity contribution in [3.05, 3.63) is 23.3 Å². The van der Waals surface area contributed by atoms with Crippen molar-refractivity contribution >= 4 is 0 Å². The van der Waals surface area contributed by atoms with Gasteiger partial charge in [0.25, 0.3) is 0 Å². The number of ether oxygens (including phenoxy) is 2. The van der Waals surface area contributed by atoms with Gasteiger partial charge in [0.1, 0.15) is 13.2 Å². The van der Waals surface area contributed by atoms with Gasteiger partial charge in [-0.3, -0.25) is 0 Å². The molecule has 0 unspecified atom stereocenters. The Labute approximate surface area is 89.1 Å². The first-order chi connectivity index (χ1) is 7.33. The van der Waals surface area contributed by atoms with E-state index >= 15 is 0 Å². The van der Waals surface area contributed by atoms with E-state index in [1.165, 1.54) is 0 Å². The summed E-state index contributed by atoms with van der Waals surface area (Å²) < 4.78 is 11.2. The molecule has 0 amide bonds. The molecule has 2 rings (SSSR count). The van der Waals surface area contributed by atoms with Crippen molar-refractivity contribution < 1.29 is 14.3 Å². The molecule has 15 heavy (non-hydrogen) atoms. The highest BCUT2D eigenvalue weighted by Gasteiger charge is 2.17. The minimum Gasteiger partial charge on any atom is -0.486 e. The molecular formula is C11H15NO3. The van der Waals surface area contributed by atoms with Crippen molar-refractivity contribution in [1.29, 1.82) is 0 Å². The zero-order valence-electron chi connectivity index (χ0n) is 9.00. The second-order valence-corrected chi connectivity index (χ2v) is 3.42. The number of aryl methyl sites for hydroxylation is 1. The van der Waals surface area contributed by atoms with Crippen LogP contribution < -0.4 is 15.0 Å². The molecule has 1 N–H and O–H groups in total. The molecule has 1 aliphatic heterocycles. The topological polar surface area (TPSA) is 39.7 Å². The minimum absolute atomic E-state index is 0.608. The Morgan fingerprint density at radius 1 is 1.27 bits per heavy atom. The van der Waals surface area contributed by atoms with Crippen LogP contribution in [0.3, 0.4) is 0 Å². The summed E-state index contributed by atoms with van der Waals surface area (Å²) in [4.78, 5) is 4.82. The summed E-state index contributed by atoms with van der Waals surface area (Å²) in [5.41, 5.74) is 4.95. The lowest BCUT2D eigenvalue weighted by molar-refractivity contribution is 0.0848. The van der Waals surface area contributed by atoms with Crippen LogP contribution in [-0.2, 0) is 11.4 Å². The van der Waals surface area contributed by atoms with Crippen LogP contribution >= 0.6 is 0 Å². The predicted molar refractivity (Wildman–Crippen MR) is 56.0 cm³/mol.